The van der Waals surface area contributed by atoms with E-state index in [2.05, 4.69) is 11.1 Å². The fourth-order valence-corrected chi connectivity index (χ4v) is 3.27. The molecule has 0 bridgehead atoms. The molecule has 2 aromatic rings. The first-order valence-corrected chi connectivity index (χ1v) is 8.02. The molecular formula is C14H16N2O2S2. The number of aliphatic carboxylic acids is 1. The number of carboxylic acid groups (broad SMARTS) is 1. The molecular weight excluding hydrogens is 292 g/mol. The number of thiazole rings is 1. The molecule has 0 saturated carbocycles. The van der Waals surface area contributed by atoms with Gasteiger partial charge >= 0.3 is 5.97 Å². The molecule has 106 valence electrons. The maximum absolute atomic E-state index is 10.8. The molecule has 0 aliphatic carbocycles. The number of carboxylic acids is 1. The molecule has 0 aliphatic rings. The van der Waals surface area contributed by atoms with Crippen molar-refractivity contribution in [3.8, 4) is 0 Å². The molecule has 0 saturated heterocycles. The van der Waals surface area contributed by atoms with Gasteiger partial charge < -0.3 is 10.0 Å². The van der Waals surface area contributed by atoms with Gasteiger partial charge in [0.1, 0.15) is 0 Å². The van der Waals surface area contributed by atoms with E-state index in [0.29, 0.717) is 13.1 Å². The molecule has 2 rings (SSSR count). The van der Waals surface area contributed by atoms with Gasteiger partial charge in [0.2, 0.25) is 0 Å². The van der Waals surface area contributed by atoms with E-state index < -0.39 is 5.97 Å². The molecule has 0 spiro atoms. The van der Waals surface area contributed by atoms with Crippen LogP contribution in [0.5, 0.6) is 0 Å². The summed E-state index contributed by atoms with van der Waals surface area (Å²) in [5, 5.41) is 13.8. The molecule has 0 unspecified atom stereocenters. The van der Waals surface area contributed by atoms with E-state index in [-0.39, 0.29) is 6.42 Å². The van der Waals surface area contributed by atoms with Crippen molar-refractivity contribution in [1.29, 1.82) is 0 Å². The Labute approximate surface area is 126 Å². The lowest BCUT2D eigenvalue weighted by Crippen LogP contribution is -2.25. The Morgan fingerprint density at radius 1 is 1.50 bits per heavy atom. The van der Waals surface area contributed by atoms with Crippen LogP contribution in [0.2, 0.25) is 0 Å². The number of hydrogen-bond donors (Lipinski definition) is 1. The third kappa shape index (κ3) is 4.18. The number of aromatic nitrogens is 1. The van der Waals surface area contributed by atoms with Crippen molar-refractivity contribution in [2.75, 3.05) is 11.4 Å². The molecule has 0 aliphatic heterocycles. The third-order valence-corrected chi connectivity index (χ3v) is 4.42. The van der Waals surface area contributed by atoms with Gasteiger partial charge in [-0.2, -0.15) is 0 Å². The summed E-state index contributed by atoms with van der Waals surface area (Å²) in [6.45, 7) is 3.12. The van der Waals surface area contributed by atoms with Crippen molar-refractivity contribution in [3.63, 3.8) is 0 Å². The quantitative estimate of drug-likeness (QED) is 0.847. The molecule has 6 heteroatoms. The van der Waals surface area contributed by atoms with Crippen LogP contribution in [-0.4, -0.2) is 22.6 Å². The number of nitrogens with zero attached hydrogens (tertiary/aromatic N) is 2. The van der Waals surface area contributed by atoms with Gasteiger partial charge in [-0.25, -0.2) is 4.98 Å². The molecule has 4 nitrogen and oxygen atoms in total. The van der Waals surface area contributed by atoms with E-state index in [1.165, 1.54) is 4.88 Å². The van der Waals surface area contributed by atoms with E-state index in [9.17, 15) is 4.79 Å². The van der Waals surface area contributed by atoms with Crippen molar-refractivity contribution < 1.29 is 9.90 Å². The fraction of sp³-hybridized carbons (Fsp3) is 0.286. The molecule has 0 atom stereocenters. The summed E-state index contributed by atoms with van der Waals surface area (Å²) >= 11 is 3.22. The summed E-state index contributed by atoms with van der Waals surface area (Å²) in [6.07, 6.45) is 4.00. The zero-order valence-corrected chi connectivity index (χ0v) is 12.8. The summed E-state index contributed by atoms with van der Waals surface area (Å²) in [5.41, 5.74) is 0.916. The first-order chi connectivity index (χ1) is 9.69. The lowest BCUT2D eigenvalue weighted by atomic mass is 10.3. The Kier molecular flexibility index (Phi) is 5.31. The Morgan fingerprint density at radius 3 is 3.00 bits per heavy atom. The van der Waals surface area contributed by atoms with Crippen LogP contribution in [0, 0.1) is 0 Å². The van der Waals surface area contributed by atoms with Crippen molar-refractivity contribution in [2.24, 2.45) is 0 Å². The maximum Gasteiger partial charge on any atom is 0.305 e. The topological polar surface area (TPSA) is 53.4 Å². The predicted molar refractivity (Wildman–Crippen MR) is 84.4 cm³/mol. The highest BCUT2D eigenvalue weighted by molar-refractivity contribution is 7.13. The largest absolute Gasteiger partial charge is 0.481 e. The Morgan fingerprint density at radius 2 is 2.35 bits per heavy atom. The minimum Gasteiger partial charge on any atom is -0.481 e. The van der Waals surface area contributed by atoms with Crippen molar-refractivity contribution >= 4 is 39.9 Å². The summed E-state index contributed by atoms with van der Waals surface area (Å²) in [6, 6.07) is 4.06. The van der Waals surface area contributed by atoms with E-state index >= 15 is 0 Å². The van der Waals surface area contributed by atoms with Crippen molar-refractivity contribution in [1.82, 2.24) is 4.98 Å². The van der Waals surface area contributed by atoms with E-state index in [1.54, 1.807) is 22.7 Å². The number of anilines is 1. The lowest BCUT2D eigenvalue weighted by molar-refractivity contribution is -0.136. The zero-order chi connectivity index (χ0) is 14.4. The van der Waals surface area contributed by atoms with Gasteiger partial charge in [-0.1, -0.05) is 12.1 Å². The summed E-state index contributed by atoms with van der Waals surface area (Å²) in [4.78, 5) is 18.6. The van der Waals surface area contributed by atoms with Crippen LogP contribution < -0.4 is 4.90 Å². The summed E-state index contributed by atoms with van der Waals surface area (Å²) < 4.78 is 0. The average Bonchev–Trinajstić information content (AvgIpc) is 3.06. The number of allylic oxidation sites excluding steroid dienone is 1. The van der Waals surface area contributed by atoms with Crippen LogP contribution in [0.15, 0.2) is 29.0 Å². The molecule has 0 amide bonds. The van der Waals surface area contributed by atoms with Crippen molar-refractivity contribution in [2.45, 2.75) is 19.9 Å². The zero-order valence-electron chi connectivity index (χ0n) is 11.2. The summed E-state index contributed by atoms with van der Waals surface area (Å²) in [7, 11) is 0. The van der Waals surface area contributed by atoms with Gasteiger partial charge in [0.15, 0.2) is 5.13 Å². The van der Waals surface area contributed by atoms with Crippen LogP contribution in [-0.2, 0) is 11.3 Å². The van der Waals surface area contributed by atoms with Crippen LogP contribution in [0.25, 0.3) is 6.08 Å². The monoisotopic (exact) mass is 308 g/mol. The Hall–Kier alpha value is -1.66. The molecule has 0 radical (unpaired) electrons. The maximum atomic E-state index is 10.8. The second-order valence-corrected chi connectivity index (χ2v) is 6.07. The van der Waals surface area contributed by atoms with Gasteiger partial charge in [0, 0.05) is 16.8 Å². The first-order valence-electron chi connectivity index (χ1n) is 6.26. The molecule has 20 heavy (non-hydrogen) atoms. The van der Waals surface area contributed by atoms with E-state index in [1.807, 2.05) is 40.8 Å². The predicted octanol–water partition coefficient (Wildman–Crippen LogP) is 3.72. The fourth-order valence-electron chi connectivity index (χ4n) is 1.73. The molecule has 2 heterocycles. The van der Waals surface area contributed by atoms with E-state index in [0.717, 1.165) is 10.8 Å². The van der Waals surface area contributed by atoms with Gasteiger partial charge in [-0.3, -0.25) is 4.79 Å². The van der Waals surface area contributed by atoms with Crippen molar-refractivity contribution in [3.05, 3.63) is 39.5 Å². The van der Waals surface area contributed by atoms with Gasteiger partial charge in [0.05, 0.1) is 18.7 Å². The van der Waals surface area contributed by atoms with E-state index in [4.69, 9.17) is 5.11 Å². The number of rotatable bonds is 7. The third-order valence-electron chi connectivity index (χ3n) is 2.64. The molecule has 2 aromatic heterocycles. The molecule has 0 fully saturated rings. The highest BCUT2D eigenvalue weighted by atomic mass is 32.1. The SMILES string of the molecule is C/C=C/c1csc(N(CCC(=O)O)Cc2cccs2)n1. The summed E-state index contributed by atoms with van der Waals surface area (Å²) in [5.74, 6) is -0.786. The number of thiophene rings is 1. The highest BCUT2D eigenvalue weighted by Crippen LogP contribution is 2.24. The lowest BCUT2D eigenvalue weighted by Gasteiger charge is -2.20. The highest BCUT2D eigenvalue weighted by Gasteiger charge is 2.13. The number of carbonyl (C=O) groups is 1. The van der Waals surface area contributed by atoms with Crippen LogP contribution >= 0.6 is 22.7 Å². The average molecular weight is 308 g/mol. The normalized spacial score (nSPS) is 11.1. The Balaban J connectivity index is 2.13. The smallest absolute Gasteiger partial charge is 0.305 e. The van der Waals surface area contributed by atoms with Gasteiger partial charge in [0.25, 0.3) is 0 Å². The van der Waals surface area contributed by atoms with Gasteiger partial charge in [-0.15, -0.1) is 22.7 Å². The minimum absolute atomic E-state index is 0.115. The second kappa shape index (κ2) is 7.21. The van der Waals surface area contributed by atoms with Gasteiger partial charge in [-0.05, 0) is 24.4 Å². The van der Waals surface area contributed by atoms with Crippen LogP contribution in [0.4, 0.5) is 5.13 Å². The molecule has 0 aromatic carbocycles. The molecule has 1 N–H and O–H groups in total. The Bertz CT molecular complexity index is 576. The standard InChI is InChI=1S/C14H16N2O2S2/c1-2-4-11-10-20-14(15-11)16(7-6-13(17)18)9-12-5-3-8-19-12/h2-5,8,10H,6-7,9H2,1H3,(H,17,18)/b4-2+. The van der Waals surface area contributed by atoms with Crippen LogP contribution in [0.1, 0.15) is 23.9 Å². The minimum atomic E-state index is -0.786. The second-order valence-electron chi connectivity index (χ2n) is 4.20. The first kappa shape index (κ1) is 14.7. The van der Waals surface area contributed by atoms with Crippen LogP contribution in [0.3, 0.4) is 0 Å². The number of hydrogen-bond acceptors (Lipinski definition) is 5.